The molecule has 1 aromatic rings. The minimum absolute atomic E-state index is 0.0576. The zero-order chi connectivity index (χ0) is 17.4. The Labute approximate surface area is 150 Å². The third-order valence-electron chi connectivity index (χ3n) is 6.39. The zero-order valence-electron chi connectivity index (χ0n) is 15.6. The van der Waals surface area contributed by atoms with E-state index < -0.39 is 0 Å². The lowest BCUT2D eigenvalue weighted by Crippen LogP contribution is -2.49. The summed E-state index contributed by atoms with van der Waals surface area (Å²) in [6, 6.07) is 0.645. The molecular weight excluding hydrogens is 314 g/mol. The topological polar surface area (TPSA) is 63.1 Å². The average Bonchev–Trinajstić information content (AvgIpc) is 3.17. The van der Waals surface area contributed by atoms with Crippen molar-refractivity contribution in [1.29, 1.82) is 0 Å². The molecule has 1 aromatic heterocycles. The van der Waals surface area contributed by atoms with E-state index in [4.69, 9.17) is 0 Å². The average molecular weight is 345 g/mol. The number of hydrogen-bond acceptors (Lipinski definition) is 4. The fourth-order valence-electron chi connectivity index (χ4n) is 5.12. The molecule has 2 saturated heterocycles. The molecule has 0 aromatic carbocycles. The molecule has 138 valence electrons. The van der Waals surface area contributed by atoms with Crippen LogP contribution >= 0.6 is 0 Å². The number of rotatable bonds is 3. The number of carbonyl (C=O) groups is 1. The van der Waals surface area contributed by atoms with Crippen molar-refractivity contribution in [1.82, 2.24) is 25.0 Å². The summed E-state index contributed by atoms with van der Waals surface area (Å²) in [5.74, 6) is 3.36. The highest BCUT2D eigenvalue weighted by Crippen LogP contribution is 2.34. The lowest BCUT2D eigenvalue weighted by atomic mass is 9.85. The van der Waals surface area contributed by atoms with Crippen molar-refractivity contribution < 1.29 is 4.79 Å². The predicted octanol–water partition coefficient (Wildman–Crippen LogP) is 2.05. The van der Waals surface area contributed by atoms with Gasteiger partial charge in [-0.25, -0.2) is 9.67 Å². The summed E-state index contributed by atoms with van der Waals surface area (Å²) in [7, 11) is 0. The first-order valence-corrected chi connectivity index (χ1v) is 10.0. The van der Waals surface area contributed by atoms with Gasteiger partial charge in [-0.15, -0.1) is 0 Å². The molecule has 0 bridgehead atoms. The van der Waals surface area contributed by atoms with Crippen LogP contribution in [-0.2, 0) is 11.3 Å². The molecule has 3 heterocycles. The second-order valence-corrected chi connectivity index (χ2v) is 8.29. The second kappa shape index (κ2) is 7.06. The van der Waals surface area contributed by atoms with Gasteiger partial charge in [0, 0.05) is 25.7 Å². The van der Waals surface area contributed by atoms with Crippen LogP contribution in [0, 0.1) is 25.7 Å². The van der Waals surface area contributed by atoms with Crippen molar-refractivity contribution in [2.24, 2.45) is 11.8 Å². The van der Waals surface area contributed by atoms with E-state index in [0.29, 0.717) is 17.9 Å². The Balaban J connectivity index is 1.36. The second-order valence-electron chi connectivity index (χ2n) is 8.29. The van der Waals surface area contributed by atoms with Gasteiger partial charge in [-0.1, -0.05) is 12.8 Å². The molecule has 3 aliphatic rings. The van der Waals surface area contributed by atoms with Gasteiger partial charge < -0.3 is 10.2 Å². The Kier molecular flexibility index (Phi) is 4.80. The molecule has 0 spiro atoms. The van der Waals surface area contributed by atoms with Gasteiger partial charge >= 0.3 is 0 Å². The lowest BCUT2D eigenvalue weighted by Gasteiger charge is -2.34. The SMILES string of the molecule is Cc1nc(C)n(CC2CCCN(C(=O)C3CC4CCCCC4N3)C2)n1. The normalized spacial score (nSPS) is 32.6. The Morgan fingerprint density at radius 3 is 2.80 bits per heavy atom. The molecule has 3 fully saturated rings. The highest BCUT2D eigenvalue weighted by Gasteiger charge is 2.40. The minimum Gasteiger partial charge on any atom is -0.341 e. The quantitative estimate of drug-likeness (QED) is 0.911. The largest absolute Gasteiger partial charge is 0.341 e. The minimum atomic E-state index is 0.0576. The standard InChI is InChI=1S/C19H31N5O/c1-13-20-14(2)24(22-13)12-15-6-5-9-23(11-15)19(25)18-10-16-7-3-4-8-17(16)21-18/h15-18,21H,3-12H2,1-2H3. The Morgan fingerprint density at radius 2 is 2.04 bits per heavy atom. The number of amides is 1. The van der Waals surface area contributed by atoms with Crippen LogP contribution in [0.15, 0.2) is 0 Å². The number of hydrogen-bond donors (Lipinski definition) is 1. The van der Waals surface area contributed by atoms with Gasteiger partial charge in [0.15, 0.2) is 0 Å². The number of nitrogens with one attached hydrogen (secondary N) is 1. The number of fused-ring (bicyclic) bond motifs is 1. The van der Waals surface area contributed by atoms with Crippen molar-refractivity contribution in [3.8, 4) is 0 Å². The van der Waals surface area contributed by atoms with Crippen LogP contribution in [0.5, 0.6) is 0 Å². The Hall–Kier alpha value is -1.43. The molecule has 4 atom stereocenters. The van der Waals surface area contributed by atoms with Crippen LogP contribution in [0.3, 0.4) is 0 Å². The summed E-state index contributed by atoms with van der Waals surface area (Å²) in [4.78, 5) is 19.6. The maximum absolute atomic E-state index is 13.0. The molecule has 1 N–H and O–H groups in total. The van der Waals surface area contributed by atoms with Gasteiger partial charge in [0.25, 0.3) is 0 Å². The van der Waals surface area contributed by atoms with Crippen LogP contribution in [-0.4, -0.2) is 50.7 Å². The van der Waals surface area contributed by atoms with E-state index in [1.165, 1.54) is 32.1 Å². The van der Waals surface area contributed by atoms with Gasteiger partial charge in [0.2, 0.25) is 5.91 Å². The molecule has 6 heteroatoms. The van der Waals surface area contributed by atoms with Crippen molar-refractivity contribution >= 4 is 5.91 Å². The maximum atomic E-state index is 13.0. The molecule has 4 unspecified atom stereocenters. The summed E-state index contributed by atoms with van der Waals surface area (Å²) in [5.41, 5.74) is 0. The fourth-order valence-corrected chi connectivity index (χ4v) is 5.12. The van der Waals surface area contributed by atoms with Crippen molar-refractivity contribution in [2.45, 2.75) is 77.4 Å². The molecule has 1 saturated carbocycles. The number of piperidine rings is 1. The first kappa shape index (κ1) is 17.0. The van der Waals surface area contributed by atoms with Crippen LogP contribution in [0.2, 0.25) is 0 Å². The Bertz CT molecular complexity index is 613. The monoisotopic (exact) mass is 345 g/mol. The molecule has 1 amide bonds. The number of likely N-dealkylation sites (tertiary alicyclic amines) is 1. The van der Waals surface area contributed by atoms with E-state index in [1.807, 2.05) is 18.5 Å². The molecule has 2 aliphatic heterocycles. The third kappa shape index (κ3) is 3.59. The third-order valence-corrected chi connectivity index (χ3v) is 6.39. The number of carbonyl (C=O) groups excluding carboxylic acids is 1. The molecule has 25 heavy (non-hydrogen) atoms. The van der Waals surface area contributed by atoms with E-state index >= 15 is 0 Å². The van der Waals surface area contributed by atoms with Crippen molar-refractivity contribution in [3.63, 3.8) is 0 Å². The lowest BCUT2D eigenvalue weighted by molar-refractivity contribution is -0.135. The van der Waals surface area contributed by atoms with Crippen LogP contribution in [0.1, 0.15) is 56.6 Å². The van der Waals surface area contributed by atoms with Crippen molar-refractivity contribution in [3.05, 3.63) is 11.6 Å². The van der Waals surface area contributed by atoms with Gasteiger partial charge in [-0.3, -0.25) is 4.79 Å². The van der Waals surface area contributed by atoms with E-state index in [0.717, 1.165) is 50.0 Å². The molecule has 4 rings (SSSR count). The summed E-state index contributed by atoms with van der Waals surface area (Å²) in [6.07, 6.45) is 8.53. The van der Waals surface area contributed by atoms with Gasteiger partial charge in [-0.05, 0) is 57.8 Å². The fraction of sp³-hybridized carbons (Fsp3) is 0.842. The van der Waals surface area contributed by atoms with Gasteiger partial charge in [0.1, 0.15) is 11.6 Å². The van der Waals surface area contributed by atoms with Crippen LogP contribution in [0.4, 0.5) is 0 Å². The molecule has 1 aliphatic carbocycles. The van der Waals surface area contributed by atoms with Gasteiger partial charge in [-0.2, -0.15) is 5.10 Å². The molecular formula is C19H31N5O. The number of aromatic nitrogens is 3. The van der Waals surface area contributed by atoms with E-state index in [-0.39, 0.29) is 6.04 Å². The van der Waals surface area contributed by atoms with Crippen LogP contribution in [0.25, 0.3) is 0 Å². The summed E-state index contributed by atoms with van der Waals surface area (Å²) >= 11 is 0. The summed E-state index contributed by atoms with van der Waals surface area (Å²) in [5, 5.41) is 8.14. The first-order valence-electron chi connectivity index (χ1n) is 10.0. The molecule has 0 radical (unpaired) electrons. The Morgan fingerprint density at radius 1 is 1.20 bits per heavy atom. The first-order chi connectivity index (χ1) is 12.1. The van der Waals surface area contributed by atoms with E-state index in [9.17, 15) is 4.79 Å². The predicted molar refractivity (Wildman–Crippen MR) is 96.1 cm³/mol. The number of nitrogens with zero attached hydrogens (tertiary/aromatic N) is 4. The smallest absolute Gasteiger partial charge is 0.239 e. The highest BCUT2D eigenvalue weighted by molar-refractivity contribution is 5.82. The van der Waals surface area contributed by atoms with E-state index in [2.05, 4.69) is 20.3 Å². The van der Waals surface area contributed by atoms with E-state index in [1.54, 1.807) is 0 Å². The van der Waals surface area contributed by atoms with Gasteiger partial charge in [0.05, 0.1) is 6.04 Å². The number of aryl methyl sites for hydroxylation is 2. The van der Waals surface area contributed by atoms with Crippen LogP contribution < -0.4 is 5.32 Å². The highest BCUT2D eigenvalue weighted by atomic mass is 16.2. The molecule has 6 nitrogen and oxygen atoms in total. The maximum Gasteiger partial charge on any atom is 0.239 e. The summed E-state index contributed by atoms with van der Waals surface area (Å²) in [6.45, 7) is 6.60. The summed E-state index contributed by atoms with van der Waals surface area (Å²) < 4.78 is 2.01. The zero-order valence-corrected chi connectivity index (χ0v) is 15.6. The van der Waals surface area contributed by atoms with Crippen molar-refractivity contribution in [2.75, 3.05) is 13.1 Å².